The minimum absolute atomic E-state index is 0. The van der Waals surface area contributed by atoms with Crippen molar-refractivity contribution < 1.29 is 13.2 Å². The van der Waals surface area contributed by atoms with Crippen LogP contribution in [0.5, 0.6) is 0 Å². The standard InChI is InChI=1S/C16H23N3O3S.ClH/c1-23(21,22)19-13-4-2-3-12(9-13)11-18-15(20)14-10-16(14)5-7-17-8-6-16;/h2-4,9,14,17,19H,5-8,10-11H2,1H3,(H,18,20);1H. The van der Waals surface area contributed by atoms with Crippen molar-refractivity contribution in [3.8, 4) is 0 Å². The van der Waals surface area contributed by atoms with Gasteiger partial charge in [-0.15, -0.1) is 12.4 Å². The smallest absolute Gasteiger partial charge is 0.229 e. The normalized spacial score (nSPS) is 21.6. The summed E-state index contributed by atoms with van der Waals surface area (Å²) >= 11 is 0. The molecule has 1 atom stereocenters. The second-order valence-electron chi connectivity index (χ2n) is 6.66. The molecule has 1 aliphatic carbocycles. The molecule has 1 aromatic carbocycles. The van der Waals surface area contributed by atoms with Crippen LogP contribution in [0.4, 0.5) is 5.69 Å². The third-order valence-electron chi connectivity index (χ3n) is 4.80. The van der Waals surface area contributed by atoms with Crippen molar-refractivity contribution in [2.45, 2.75) is 25.8 Å². The summed E-state index contributed by atoms with van der Waals surface area (Å²) in [4.78, 5) is 12.3. The van der Waals surface area contributed by atoms with Crippen molar-refractivity contribution >= 4 is 34.0 Å². The van der Waals surface area contributed by atoms with E-state index in [9.17, 15) is 13.2 Å². The Bertz CT molecular complexity index is 702. The number of nitrogens with one attached hydrogen (secondary N) is 3. The Morgan fingerprint density at radius 2 is 2.04 bits per heavy atom. The molecule has 8 heteroatoms. The van der Waals surface area contributed by atoms with Gasteiger partial charge in [0.15, 0.2) is 0 Å². The van der Waals surface area contributed by atoms with Gasteiger partial charge >= 0.3 is 0 Å². The van der Waals surface area contributed by atoms with E-state index in [1.165, 1.54) is 0 Å². The number of halogens is 1. The molecule has 2 aliphatic rings. The number of amides is 1. The van der Waals surface area contributed by atoms with Crippen molar-refractivity contribution in [1.29, 1.82) is 0 Å². The quantitative estimate of drug-likeness (QED) is 0.729. The molecule has 1 heterocycles. The second kappa shape index (κ2) is 7.29. The lowest BCUT2D eigenvalue weighted by molar-refractivity contribution is -0.123. The minimum Gasteiger partial charge on any atom is -0.352 e. The first-order valence-corrected chi connectivity index (χ1v) is 9.82. The number of rotatable bonds is 5. The van der Waals surface area contributed by atoms with Crippen molar-refractivity contribution in [1.82, 2.24) is 10.6 Å². The van der Waals surface area contributed by atoms with E-state index in [-0.39, 0.29) is 29.6 Å². The molecule has 24 heavy (non-hydrogen) atoms. The van der Waals surface area contributed by atoms with Crippen LogP contribution in [0.15, 0.2) is 24.3 Å². The monoisotopic (exact) mass is 373 g/mol. The highest BCUT2D eigenvalue weighted by atomic mass is 35.5. The van der Waals surface area contributed by atoms with Gasteiger partial charge in [-0.1, -0.05) is 12.1 Å². The molecule has 1 saturated heterocycles. The van der Waals surface area contributed by atoms with Crippen LogP contribution < -0.4 is 15.4 Å². The zero-order valence-electron chi connectivity index (χ0n) is 13.7. The van der Waals surface area contributed by atoms with Gasteiger partial charge < -0.3 is 10.6 Å². The SMILES string of the molecule is CS(=O)(=O)Nc1cccc(CNC(=O)C2CC23CCNCC3)c1.Cl. The Balaban J connectivity index is 0.00000208. The zero-order valence-corrected chi connectivity index (χ0v) is 15.3. The van der Waals surface area contributed by atoms with Gasteiger partial charge in [-0.25, -0.2) is 8.42 Å². The van der Waals surface area contributed by atoms with Crippen molar-refractivity contribution in [2.75, 3.05) is 24.1 Å². The van der Waals surface area contributed by atoms with E-state index in [0.717, 1.165) is 44.2 Å². The zero-order chi connectivity index (χ0) is 16.5. The molecule has 1 amide bonds. The van der Waals surface area contributed by atoms with Gasteiger partial charge in [0.05, 0.1) is 6.26 Å². The lowest BCUT2D eigenvalue weighted by atomic mass is 9.92. The first-order chi connectivity index (χ1) is 10.9. The average Bonchev–Trinajstić information content (AvgIpc) is 3.17. The van der Waals surface area contributed by atoms with Crippen molar-refractivity contribution in [3.05, 3.63) is 29.8 Å². The van der Waals surface area contributed by atoms with E-state index in [1.54, 1.807) is 18.2 Å². The molecule has 1 unspecified atom stereocenters. The molecule has 2 fully saturated rings. The fourth-order valence-corrected chi connectivity index (χ4v) is 4.02. The average molecular weight is 374 g/mol. The first-order valence-electron chi connectivity index (χ1n) is 7.93. The summed E-state index contributed by atoms with van der Waals surface area (Å²) in [5.74, 6) is 0.260. The molecule has 6 nitrogen and oxygen atoms in total. The number of carbonyl (C=O) groups is 1. The summed E-state index contributed by atoms with van der Waals surface area (Å²) in [5, 5.41) is 6.32. The summed E-state index contributed by atoms with van der Waals surface area (Å²) in [5.41, 5.74) is 1.63. The van der Waals surface area contributed by atoms with Crippen LogP contribution in [-0.4, -0.2) is 33.7 Å². The number of sulfonamides is 1. The predicted molar refractivity (Wildman–Crippen MR) is 96.6 cm³/mol. The third-order valence-corrected chi connectivity index (χ3v) is 5.41. The van der Waals surface area contributed by atoms with Gasteiger partial charge in [0.1, 0.15) is 0 Å². The molecule has 0 radical (unpaired) electrons. The summed E-state index contributed by atoms with van der Waals surface area (Å²) in [6.45, 7) is 2.43. The summed E-state index contributed by atoms with van der Waals surface area (Å²) in [6, 6.07) is 7.09. The molecule has 134 valence electrons. The van der Waals surface area contributed by atoms with E-state index in [2.05, 4.69) is 15.4 Å². The molecule has 1 spiro atoms. The third kappa shape index (κ3) is 4.62. The molecule has 0 bridgehead atoms. The molecule has 1 aliphatic heterocycles. The number of benzene rings is 1. The Hall–Kier alpha value is -1.31. The Morgan fingerprint density at radius 1 is 1.33 bits per heavy atom. The first kappa shape index (κ1) is 19.0. The maximum Gasteiger partial charge on any atom is 0.229 e. The second-order valence-corrected chi connectivity index (χ2v) is 8.41. The summed E-state index contributed by atoms with van der Waals surface area (Å²) in [6.07, 6.45) is 4.28. The number of carbonyl (C=O) groups excluding carboxylic acids is 1. The molecule has 1 saturated carbocycles. The maximum absolute atomic E-state index is 12.3. The Labute approximate surface area is 149 Å². The van der Waals surface area contributed by atoms with Gasteiger partial charge in [-0.05, 0) is 55.5 Å². The van der Waals surface area contributed by atoms with Gasteiger partial charge in [0.2, 0.25) is 15.9 Å². The van der Waals surface area contributed by atoms with Crippen LogP contribution >= 0.6 is 12.4 Å². The summed E-state index contributed by atoms with van der Waals surface area (Å²) in [7, 11) is -3.29. The number of anilines is 1. The maximum atomic E-state index is 12.3. The van der Waals surface area contributed by atoms with Crippen molar-refractivity contribution in [3.63, 3.8) is 0 Å². The minimum atomic E-state index is -3.29. The van der Waals surface area contributed by atoms with Crippen LogP contribution in [0.3, 0.4) is 0 Å². The lowest BCUT2D eigenvalue weighted by Crippen LogP contribution is -2.33. The van der Waals surface area contributed by atoms with Gasteiger partial charge in [-0.3, -0.25) is 9.52 Å². The lowest BCUT2D eigenvalue weighted by Gasteiger charge is -2.23. The van der Waals surface area contributed by atoms with Crippen LogP contribution in [0.25, 0.3) is 0 Å². The molecule has 0 aromatic heterocycles. The molecule has 3 N–H and O–H groups in total. The molecule has 1 aromatic rings. The van der Waals surface area contributed by atoms with Crippen LogP contribution in [0.2, 0.25) is 0 Å². The fourth-order valence-electron chi connectivity index (χ4n) is 3.47. The molecular weight excluding hydrogens is 350 g/mol. The number of hydrogen-bond donors (Lipinski definition) is 3. The highest BCUT2D eigenvalue weighted by molar-refractivity contribution is 7.92. The highest BCUT2D eigenvalue weighted by Gasteiger charge is 2.57. The number of hydrogen-bond acceptors (Lipinski definition) is 4. The largest absolute Gasteiger partial charge is 0.352 e. The topological polar surface area (TPSA) is 87.3 Å². The van der Waals surface area contributed by atoms with E-state index >= 15 is 0 Å². The predicted octanol–water partition coefficient (Wildman–Crippen LogP) is 1.49. The van der Waals surface area contributed by atoms with E-state index < -0.39 is 10.0 Å². The van der Waals surface area contributed by atoms with E-state index in [0.29, 0.717) is 12.2 Å². The van der Waals surface area contributed by atoms with Gasteiger partial charge in [0.25, 0.3) is 0 Å². The summed E-state index contributed by atoms with van der Waals surface area (Å²) < 4.78 is 25.0. The van der Waals surface area contributed by atoms with Crippen LogP contribution in [0.1, 0.15) is 24.8 Å². The fraction of sp³-hybridized carbons (Fsp3) is 0.562. The van der Waals surface area contributed by atoms with Crippen molar-refractivity contribution in [2.24, 2.45) is 11.3 Å². The van der Waals surface area contributed by atoms with Crippen LogP contribution in [0, 0.1) is 11.3 Å². The highest BCUT2D eigenvalue weighted by Crippen LogP contribution is 2.58. The van der Waals surface area contributed by atoms with Gasteiger partial charge in [-0.2, -0.15) is 0 Å². The Kier molecular flexibility index (Phi) is 5.78. The molecular formula is C16H24ClN3O3S. The Morgan fingerprint density at radius 3 is 2.71 bits per heavy atom. The van der Waals surface area contributed by atoms with Crippen LogP contribution in [-0.2, 0) is 21.4 Å². The van der Waals surface area contributed by atoms with E-state index in [1.807, 2.05) is 6.07 Å². The molecule has 3 rings (SSSR count). The van der Waals surface area contributed by atoms with Gasteiger partial charge in [0, 0.05) is 18.2 Å². The number of piperidine rings is 1. The van der Waals surface area contributed by atoms with E-state index in [4.69, 9.17) is 0 Å².